The molecule has 0 radical (unpaired) electrons. The van der Waals surface area contributed by atoms with E-state index in [1.807, 2.05) is 12.1 Å². The number of hydrogen-bond acceptors (Lipinski definition) is 4. The second-order valence-corrected chi connectivity index (χ2v) is 7.88. The lowest BCUT2D eigenvalue weighted by Gasteiger charge is -2.57. The van der Waals surface area contributed by atoms with Gasteiger partial charge in [0.15, 0.2) is 5.78 Å². The lowest BCUT2D eigenvalue weighted by Crippen LogP contribution is -2.57. The standard InChI is InChI=1S/C19H22O4/c1-18-7-3-4-14(20)16(18)19(2)10-15(12-6-9-22-11-12)23-17(21)13(19)5-8-18/h3-4,6,9,11,13,15-16H,5,7-8,10H2,1-2H3/t13-,15+,16+,18-,19+/m1/s1. The molecule has 23 heavy (non-hydrogen) atoms. The van der Waals surface area contributed by atoms with Crippen LogP contribution in [-0.4, -0.2) is 11.8 Å². The van der Waals surface area contributed by atoms with Crippen molar-refractivity contribution in [2.45, 2.75) is 45.6 Å². The summed E-state index contributed by atoms with van der Waals surface area (Å²) in [4.78, 5) is 25.4. The van der Waals surface area contributed by atoms with Crippen LogP contribution in [0.25, 0.3) is 0 Å². The minimum Gasteiger partial charge on any atom is -0.472 e. The van der Waals surface area contributed by atoms with Crippen molar-refractivity contribution in [1.29, 1.82) is 0 Å². The fourth-order valence-electron chi connectivity index (χ4n) is 5.33. The number of esters is 1. The third kappa shape index (κ3) is 2.03. The number of ether oxygens (including phenoxy) is 1. The third-order valence-corrected chi connectivity index (χ3v) is 6.39. The van der Waals surface area contributed by atoms with Gasteiger partial charge in [-0.2, -0.15) is 0 Å². The molecule has 0 bridgehead atoms. The van der Waals surface area contributed by atoms with Crippen LogP contribution in [0.2, 0.25) is 0 Å². The predicted octanol–water partition coefficient (Wildman–Crippen LogP) is 3.84. The molecule has 0 aromatic carbocycles. The molecule has 2 aliphatic carbocycles. The highest BCUT2D eigenvalue weighted by molar-refractivity contribution is 5.94. The van der Waals surface area contributed by atoms with Crippen molar-refractivity contribution in [2.24, 2.45) is 22.7 Å². The zero-order chi connectivity index (χ0) is 16.2. The molecular weight excluding hydrogens is 292 g/mol. The van der Waals surface area contributed by atoms with Crippen LogP contribution < -0.4 is 0 Å². The van der Waals surface area contributed by atoms with E-state index in [1.54, 1.807) is 18.6 Å². The summed E-state index contributed by atoms with van der Waals surface area (Å²) in [6, 6.07) is 1.84. The van der Waals surface area contributed by atoms with Crippen molar-refractivity contribution < 1.29 is 18.7 Å². The molecule has 0 unspecified atom stereocenters. The highest BCUT2D eigenvalue weighted by Gasteiger charge is 2.61. The molecule has 4 nitrogen and oxygen atoms in total. The van der Waals surface area contributed by atoms with Gasteiger partial charge in [-0.25, -0.2) is 0 Å². The molecule has 4 rings (SSSR count). The summed E-state index contributed by atoms with van der Waals surface area (Å²) in [5.74, 6) is -0.277. The lowest BCUT2D eigenvalue weighted by atomic mass is 9.46. The maximum absolute atomic E-state index is 12.7. The average molecular weight is 314 g/mol. The number of hydrogen-bond donors (Lipinski definition) is 0. The molecule has 1 aliphatic heterocycles. The number of carbonyl (C=O) groups excluding carboxylic acids is 2. The molecule has 2 fully saturated rings. The monoisotopic (exact) mass is 314 g/mol. The van der Waals surface area contributed by atoms with Gasteiger partial charge < -0.3 is 9.15 Å². The Morgan fingerprint density at radius 3 is 2.83 bits per heavy atom. The van der Waals surface area contributed by atoms with Crippen molar-refractivity contribution in [3.8, 4) is 0 Å². The number of carbonyl (C=O) groups is 2. The van der Waals surface area contributed by atoms with E-state index in [1.165, 1.54) is 0 Å². The van der Waals surface area contributed by atoms with Crippen molar-refractivity contribution in [3.05, 3.63) is 36.3 Å². The van der Waals surface area contributed by atoms with Gasteiger partial charge in [0, 0.05) is 11.5 Å². The summed E-state index contributed by atoms with van der Waals surface area (Å²) in [6.07, 6.45) is 9.93. The van der Waals surface area contributed by atoms with E-state index in [2.05, 4.69) is 13.8 Å². The van der Waals surface area contributed by atoms with Gasteiger partial charge in [-0.15, -0.1) is 0 Å². The number of furan rings is 1. The first-order chi connectivity index (χ1) is 10.9. The Bertz CT molecular complexity index is 674. The van der Waals surface area contributed by atoms with Crippen LogP contribution in [0.1, 0.15) is 51.2 Å². The van der Waals surface area contributed by atoms with Crippen LogP contribution in [0, 0.1) is 22.7 Å². The van der Waals surface area contributed by atoms with Gasteiger partial charge in [0.2, 0.25) is 0 Å². The number of ketones is 1. The Hall–Kier alpha value is -1.84. The summed E-state index contributed by atoms with van der Waals surface area (Å²) in [7, 11) is 0. The molecule has 4 heteroatoms. The van der Waals surface area contributed by atoms with Gasteiger partial charge in [-0.05, 0) is 48.7 Å². The van der Waals surface area contributed by atoms with Crippen LogP contribution in [0.15, 0.2) is 35.2 Å². The Morgan fingerprint density at radius 1 is 1.26 bits per heavy atom. The van der Waals surface area contributed by atoms with Crippen molar-refractivity contribution >= 4 is 11.8 Å². The second-order valence-electron chi connectivity index (χ2n) is 7.88. The third-order valence-electron chi connectivity index (χ3n) is 6.39. The highest BCUT2D eigenvalue weighted by Crippen LogP contribution is 2.62. The van der Waals surface area contributed by atoms with Crippen LogP contribution >= 0.6 is 0 Å². The molecule has 1 aromatic rings. The van der Waals surface area contributed by atoms with E-state index < -0.39 is 0 Å². The van der Waals surface area contributed by atoms with E-state index in [0.29, 0.717) is 6.42 Å². The SMILES string of the molecule is C[C@]12CC=CC(=O)[C@@H]1[C@@]1(C)C[C@@H](c3ccoc3)OC(=O)[C@H]1CC2. The summed E-state index contributed by atoms with van der Waals surface area (Å²) in [5.41, 5.74) is 0.478. The molecule has 122 valence electrons. The zero-order valence-electron chi connectivity index (χ0n) is 13.6. The Balaban J connectivity index is 1.76. The van der Waals surface area contributed by atoms with Gasteiger partial charge in [0.1, 0.15) is 6.10 Å². The zero-order valence-corrected chi connectivity index (χ0v) is 13.6. The molecule has 2 heterocycles. The van der Waals surface area contributed by atoms with E-state index in [9.17, 15) is 9.59 Å². The molecule has 1 aromatic heterocycles. The number of rotatable bonds is 1. The minimum absolute atomic E-state index is 0.0460. The summed E-state index contributed by atoms with van der Waals surface area (Å²) in [6.45, 7) is 4.32. The molecule has 3 aliphatic rings. The van der Waals surface area contributed by atoms with Crippen molar-refractivity contribution in [3.63, 3.8) is 0 Å². The van der Waals surface area contributed by atoms with Crippen molar-refractivity contribution in [1.82, 2.24) is 0 Å². The van der Waals surface area contributed by atoms with Gasteiger partial charge in [-0.1, -0.05) is 19.9 Å². The first-order valence-electron chi connectivity index (χ1n) is 8.37. The number of cyclic esters (lactones) is 1. The van der Waals surface area contributed by atoms with Crippen LogP contribution in [0.5, 0.6) is 0 Å². The smallest absolute Gasteiger partial charge is 0.310 e. The molecule has 1 saturated heterocycles. The summed E-state index contributed by atoms with van der Waals surface area (Å²) < 4.78 is 10.8. The van der Waals surface area contributed by atoms with E-state index in [-0.39, 0.29) is 40.5 Å². The Labute approximate surface area is 135 Å². The van der Waals surface area contributed by atoms with Gasteiger partial charge in [0.25, 0.3) is 0 Å². The molecular formula is C19H22O4. The fraction of sp³-hybridized carbons (Fsp3) is 0.579. The molecule has 5 atom stereocenters. The highest BCUT2D eigenvalue weighted by atomic mass is 16.5. The molecule has 0 amide bonds. The summed E-state index contributed by atoms with van der Waals surface area (Å²) in [5, 5.41) is 0. The van der Waals surface area contributed by atoms with E-state index >= 15 is 0 Å². The molecule has 0 spiro atoms. The average Bonchev–Trinajstić information content (AvgIpc) is 2.99. The van der Waals surface area contributed by atoms with Gasteiger partial charge in [-0.3, -0.25) is 9.59 Å². The van der Waals surface area contributed by atoms with Gasteiger partial charge >= 0.3 is 5.97 Å². The molecule has 1 saturated carbocycles. The second kappa shape index (κ2) is 4.83. The van der Waals surface area contributed by atoms with E-state index in [4.69, 9.17) is 9.15 Å². The molecule has 0 N–H and O–H groups in total. The van der Waals surface area contributed by atoms with Crippen LogP contribution in [-0.2, 0) is 14.3 Å². The first kappa shape index (κ1) is 14.7. The Morgan fingerprint density at radius 2 is 2.09 bits per heavy atom. The van der Waals surface area contributed by atoms with Gasteiger partial charge in [0.05, 0.1) is 18.4 Å². The minimum atomic E-state index is -0.355. The quantitative estimate of drug-likeness (QED) is 0.739. The topological polar surface area (TPSA) is 56.5 Å². The maximum atomic E-state index is 12.7. The van der Waals surface area contributed by atoms with Crippen molar-refractivity contribution in [2.75, 3.05) is 0 Å². The number of fused-ring (bicyclic) bond motifs is 3. The van der Waals surface area contributed by atoms with Crippen LogP contribution in [0.4, 0.5) is 0 Å². The fourth-order valence-corrected chi connectivity index (χ4v) is 5.33. The lowest BCUT2D eigenvalue weighted by molar-refractivity contribution is -0.191. The predicted molar refractivity (Wildman–Crippen MR) is 83.4 cm³/mol. The summed E-state index contributed by atoms with van der Waals surface area (Å²) >= 11 is 0. The van der Waals surface area contributed by atoms with Crippen LogP contribution in [0.3, 0.4) is 0 Å². The van der Waals surface area contributed by atoms with E-state index in [0.717, 1.165) is 24.8 Å². The largest absolute Gasteiger partial charge is 0.472 e. The maximum Gasteiger partial charge on any atom is 0.310 e. The Kier molecular flexibility index (Phi) is 3.09. The first-order valence-corrected chi connectivity index (χ1v) is 8.37. The number of allylic oxidation sites excluding steroid dienone is 2. The normalized spacial score (nSPS) is 42.8.